The Balaban J connectivity index is 1.95. The Bertz CT molecular complexity index is 403. The quantitative estimate of drug-likeness (QED) is 0.901. The molecule has 1 aliphatic rings. The maximum Gasteiger partial charge on any atom is 0.0944 e. The minimum atomic E-state index is 0.130. The van der Waals surface area contributed by atoms with Gasteiger partial charge in [-0.2, -0.15) is 0 Å². The lowest BCUT2D eigenvalue weighted by Crippen LogP contribution is -2.38. The third-order valence-electron chi connectivity index (χ3n) is 4.02. The molecule has 0 bridgehead atoms. The predicted molar refractivity (Wildman–Crippen MR) is 80.7 cm³/mol. The smallest absolute Gasteiger partial charge is 0.0944 e. The summed E-state index contributed by atoms with van der Waals surface area (Å²) in [6, 6.07) is 0.718. The first-order valence-electron chi connectivity index (χ1n) is 7.45. The highest BCUT2D eigenvalue weighted by Crippen LogP contribution is 2.26. The fourth-order valence-electron chi connectivity index (χ4n) is 2.81. The van der Waals surface area contributed by atoms with Gasteiger partial charge in [0.25, 0.3) is 0 Å². The zero-order valence-corrected chi connectivity index (χ0v) is 13.2. The van der Waals surface area contributed by atoms with Crippen LogP contribution in [0.25, 0.3) is 0 Å². The Hall–Kier alpha value is -0.450. The molecule has 19 heavy (non-hydrogen) atoms. The molecule has 1 aromatic heterocycles. The van der Waals surface area contributed by atoms with E-state index in [4.69, 9.17) is 4.98 Å². The first-order valence-corrected chi connectivity index (χ1v) is 8.26. The minimum Gasteiger partial charge on any atom is -0.391 e. The van der Waals surface area contributed by atoms with E-state index in [2.05, 4.69) is 25.7 Å². The van der Waals surface area contributed by atoms with Gasteiger partial charge in [0.1, 0.15) is 0 Å². The number of rotatable bonds is 5. The SMILES string of the molecule is CC(C)c1nc(CCN2CCCCC2C)sc1CO. The third kappa shape index (κ3) is 3.77. The lowest BCUT2D eigenvalue weighted by atomic mass is 10.0. The van der Waals surface area contributed by atoms with E-state index in [0.717, 1.165) is 29.6 Å². The summed E-state index contributed by atoms with van der Waals surface area (Å²) < 4.78 is 0. The Morgan fingerprint density at radius 1 is 1.42 bits per heavy atom. The van der Waals surface area contributed by atoms with Crippen molar-refractivity contribution in [2.75, 3.05) is 13.1 Å². The number of likely N-dealkylation sites (tertiary alicyclic amines) is 1. The highest BCUT2D eigenvalue weighted by atomic mass is 32.1. The van der Waals surface area contributed by atoms with Gasteiger partial charge in [0.15, 0.2) is 0 Å². The first-order chi connectivity index (χ1) is 9.11. The van der Waals surface area contributed by atoms with Crippen LogP contribution in [-0.4, -0.2) is 34.1 Å². The average Bonchev–Trinajstić information content (AvgIpc) is 2.81. The van der Waals surface area contributed by atoms with E-state index in [1.54, 1.807) is 11.3 Å². The van der Waals surface area contributed by atoms with Crippen LogP contribution in [0.3, 0.4) is 0 Å². The lowest BCUT2D eigenvalue weighted by Gasteiger charge is -2.33. The van der Waals surface area contributed by atoms with Gasteiger partial charge >= 0.3 is 0 Å². The van der Waals surface area contributed by atoms with Gasteiger partial charge in [0.05, 0.1) is 22.2 Å². The molecule has 108 valence electrons. The monoisotopic (exact) mass is 282 g/mol. The summed E-state index contributed by atoms with van der Waals surface area (Å²) >= 11 is 1.69. The summed E-state index contributed by atoms with van der Waals surface area (Å²) in [5, 5.41) is 10.6. The fourth-order valence-corrected chi connectivity index (χ4v) is 3.89. The summed E-state index contributed by atoms with van der Waals surface area (Å²) in [6.45, 7) is 9.09. The van der Waals surface area contributed by atoms with Crippen LogP contribution in [-0.2, 0) is 13.0 Å². The molecule has 2 heterocycles. The number of aliphatic hydroxyl groups is 1. The normalized spacial score (nSPS) is 21.2. The van der Waals surface area contributed by atoms with Crippen molar-refractivity contribution in [3.05, 3.63) is 15.6 Å². The molecule has 0 aromatic carbocycles. The second-order valence-electron chi connectivity index (χ2n) is 5.86. The first kappa shape index (κ1) is 14.9. The van der Waals surface area contributed by atoms with E-state index in [-0.39, 0.29) is 6.61 Å². The zero-order chi connectivity index (χ0) is 13.8. The van der Waals surface area contributed by atoms with Crippen molar-refractivity contribution in [2.24, 2.45) is 0 Å². The van der Waals surface area contributed by atoms with Crippen LogP contribution >= 0.6 is 11.3 Å². The van der Waals surface area contributed by atoms with E-state index in [1.165, 1.54) is 30.8 Å². The molecule has 1 saturated heterocycles. The van der Waals surface area contributed by atoms with Crippen molar-refractivity contribution in [1.29, 1.82) is 0 Å². The molecular formula is C15H26N2OS. The molecule has 1 atom stereocenters. The summed E-state index contributed by atoms with van der Waals surface area (Å²) in [6.07, 6.45) is 5.06. The molecule has 0 saturated carbocycles. The largest absolute Gasteiger partial charge is 0.391 e. The standard InChI is InChI=1S/C15H26N2OS/c1-11(2)15-13(10-18)19-14(16-15)7-9-17-8-5-4-6-12(17)3/h11-12,18H,4-10H2,1-3H3. The molecule has 1 unspecified atom stereocenters. The van der Waals surface area contributed by atoms with Gasteiger partial charge in [-0.25, -0.2) is 4.98 Å². The van der Waals surface area contributed by atoms with Crippen LogP contribution in [0, 0.1) is 0 Å². The van der Waals surface area contributed by atoms with Gasteiger partial charge in [-0.05, 0) is 32.2 Å². The highest BCUT2D eigenvalue weighted by Gasteiger charge is 2.19. The number of nitrogens with zero attached hydrogens (tertiary/aromatic N) is 2. The van der Waals surface area contributed by atoms with Crippen molar-refractivity contribution in [2.45, 2.75) is 65.0 Å². The van der Waals surface area contributed by atoms with Crippen molar-refractivity contribution in [1.82, 2.24) is 9.88 Å². The highest BCUT2D eigenvalue weighted by molar-refractivity contribution is 7.11. The number of hydrogen-bond donors (Lipinski definition) is 1. The van der Waals surface area contributed by atoms with Crippen LogP contribution < -0.4 is 0 Å². The van der Waals surface area contributed by atoms with Gasteiger partial charge < -0.3 is 10.0 Å². The molecule has 4 heteroatoms. The van der Waals surface area contributed by atoms with Gasteiger partial charge in [-0.15, -0.1) is 11.3 Å². The molecule has 0 spiro atoms. The predicted octanol–water partition coefficient (Wildman–Crippen LogP) is 3.18. The molecule has 2 rings (SSSR count). The Morgan fingerprint density at radius 2 is 2.21 bits per heavy atom. The molecule has 1 aromatic rings. The molecule has 1 N–H and O–H groups in total. The van der Waals surface area contributed by atoms with Gasteiger partial charge in [-0.3, -0.25) is 0 Å². The maximum absolute atomic E-state index is 9.40. The van der Waals surface area contributed by atoms with Crippen molar-refractivity contribution >= 4 is 11.3 Å². The van der Waals surface area contributed by atoms with Crippen molar-refractivity contribution in [3.63, 3.8) is 0 Å². The minimum absolute atomic E-state index is 0.130. The number of aliphatic hydroxyl groups excluding tert-OH is 1. The zero-order valence-electron chi connectivity index (χ0n) is 12.4. The molecule has 1 fully saturated rings. The Morgan fingerprint density at radius 3 is 2.79 bits per heavy atom. The molecular weight excluding hydrogens is 256 g/mol. The van der Waals surface area contributed by atoms with Crippen LogP contribution in [0.5, 0.6) is 0 Å². The van der Waals surface area contributed by atoms with Crippen molar-refractivity contribution < 1.29 is 5.11 Å². The summed E-state index contributed by atoms with van der Waals surface area (Å²) in [7, 11) is 0. The number of hydrogen-bond acceptors (Lipinski definition) is 4. The fraction of sp³-hybridized carbons (Fsp3) is 0.800. The molecule has 0 radical (unpaired) electrons. The van der Waals surface area contributed by atoms with Gasteiger partial charge in [-0.1, -0.05) is 20.3 Å². The molecule has 1 aliphatic heterocycles. The van der Waals surface area contributed by atoms with Gasteiger partial charge in [0.2, 0.25) is 0 Å². The van der Waals surface area contributed by atoms with E-state index < -0.39 is 0 Å². The Labute approximate surface area is 120 Å². The van der Waals surface area contributed by atoms with Gasteiger partial charge in [0, 0.05) is 19.0 Å². The second-order valence-corrected chi connectivity index (χ2v) is 7.03. The topological polar surface area (TPSA) is 36.4 Å². The van der Waals surface area contributed by atoms with Crippen LogP contribution in [0.15, 0.2) is 0 Å². The van der Waals surface area contributed by atoms with E-state index >= 15 is 0 Å². The third-order valence-corrected chi connectivity index (χ3v) is 5.13. The maximum atomic E-state index is 9.40. The number of aromatic nitrogens is 1. The van der Waals surface area contributed by atoms with E-state index in [9.17, 15) is 5.11 Å². The average molecular weight is 282 g/mol. The Kier molecular flexibility index (Phi) is 5.37. The van der Waals surface area contributed by atoms with Crippen molar-refractivity contribution in [3.8, 4) is 0 Å². The van der Waals surface area contributed by atoms with Crippen LogP contribution in [0.1, 0.15) is 61.5 Å². The number of thiazole rings is 1. The molecule has 0 aliphatic carbocycles. The summed E-state index contributed by atoms with van der Waals surface area (Å²) in [5.41, 5.74) is 1.09. The number of piperidine rings is 1. The lowest BCUT2D eigenvalue weighted by molar-refractivity contribution is 0.163. The second kappa shape index (κ2) is 6.82. The summed E-state index contributed by atoms with van der Waals surface area (Å²) in [4.78, 5) is 8.36. The molecule has 0 amide bonds. The van der Waals surface area contributed by atoms with Crippen LogP contribution in [0.4, 0.5) is 0 Å². The van der Waals surface area contributed by atoms with E-state index in [1.807, 2.05) is 0 Å². The molecule has 3 nitrogen and oxygen atoms in total. The summed E-state index contributed by atoms with van der Waals surface area (Å²) in [5.74, 6) is 0.404. The van der Waals surface area contributed by atoms with Crippen LogP contribution in [0.2, 0.25) is 0 Å². The van der Waals surface area contributed by atoms with E-state index in [0.29, 0.717) is 5.92 Å².